The van der Waals surface area contributed by atoms with Crippen LogP contribution in [0.25, 0.3) is 16.8 Å². The fraction of sp³-hybridized carbons (Fsp3) is 0. The molecule has 2 aromatic heterocycles. The van der Waals surface area contributed by atoms with Crippen LogP contribution in [0.1, 0.15) is 0 Å². The number of halogens is 1. The van der Waals surface area contributed by atoms with Gasteiger partial charge in [0, 0.05) is 10.0 Å². The molecule has 3 aromatic rings. The normalized spacial score (nSPS) is 10.9. The molecule has 0 amide bonds. The molecule has 2 heterocycles. The molecule has 4 nitrogen and oxygen atoms in total. The first-order valence-electron chi connectivity index (χ1n) is 5.05. The average molecular weight is 290 g/mol. The molecule has 0 N–H and O–H groups in total. The lowest BCUT2D eigenvalue weighted by atomic mass is 10.2. The van der Waals surface area contributed by atoms with Gasteiger partial charge >= 0.3 is 0 Å². The second-order valence-corrected chi connectivity index (χ2v) is 4.62. The molecular weight excluding hydrogens is 282 g/mol. The smallest absolute Gasteiger partial charge is 0.240 e. The van der Waals surface area contributed by atoms with Crippen molar-refractivity contribution >= 4 is 21.4 Å². The van der Waals surface area contributed by atoms with E-state index in [0.29, 0.717) is 5.69 Å². The van der Waals surface area contributed by atoms with Gasteiger partial charge in [-0.25, -0.2) is 4.98 Å². The second kappa shape index (κ2) is 3.85. The fourth-order valence-electron chi connectivity index (χ4n) is 1.72. The van der Waals surface area contributed by atoms with Gasteiger partial charge in [0.1, 0.15) is 5.52 Å². The first kappa shape index (κ1) is 10.3. The number of nitrogens with zero attached hydrogens (tertiary/aromatic N) is 3. The van der Waals surface area contributed by atoms with Crippen molar-refractivity contribution in [2.24, 2.45) is 0 Å². The number of aromatic nitrogens is 3. The molecule has 84 valence electrons. The maximum atomic E-state index is 11.9. The van der Waals surface area contributed by atoms with Gasteiger partial charge in [-0.3, -0.25) is 4.40 Å². The Labute approximate surface area is 106 Å². The minimum atomic E-state index is 0.600. The summed E-state index contributed by atoms with van der Waals surface area (Å²) in [7, 11) is 0. The molecule has 0 bridgehead atoms. The Balaban J connectivity index is 2.21. The van der Waals surface area contributed by atoms with Crippen LogP contribution in [0.15, 0.2) is 53.7 Å². The summed E-state index contributed by atoms with van der Waals surface area (Å²) in [5.41, 5.74) is 2.25. The summed E-state index contributed by atoms with van der Waals surface area (Å²) in [4.78, 5) is 3.99. The quantitative estimate of drug-likeness (QED) is 0.510. The van der Waals surface area contributed by atoms with Crippen molar-refractivity contribution in [1.82, 2.24) is 9.38 Å². The summed E-state index contributed by atoms with van der Waals surface area (Å²) >= 11 is 3.37. The van der Waals surface area contributed by atoms with Gasteiger partial charge in [0.2, 0.25) is 11.9 Å². The van der Waals surface area contributed by atoms with Crippen molar-refractivity contribution in [2.75, 3.05) is 0 Å². The van der Waals surface area contributed by atoms with Crippen LogP contribution in [0.3, 0.4) is 0 Å². The molecule has 3 rings (SSSR count). The van der Waals surface area contributed by atoms with E-state index in [4.69, 9.17) is 0 Å². The third-order valence-corrected chi connectivity index (χ3v) is 3.11. The Kier molecular flexibility index (Phi) is 2.33. The van der Waals surface area contributed by atoms with Crippen molar-refractivity contribution in [1.29, 1.82) is 0 Å². The lowest BCUT2D eigenvalue weighted by Crippen LogP contribution is -2.29. The number of hydrogen-bond donors (Lipinski definition) is 0. The summed E-state index contributed by atoms with van der Waals surface area (Å²) < 4.78 is 3.67. The van der Waals surface area contributed by atoms with Gasteiger partial charge in [0.15, 0.2) is 0 Å². The van der Waals surface area contributed by atoms with Crippen molar-refractivity contribution in [3.8, 4) is 11.3 Å². The van der Waals surface area contributed by atoms with Crippen molar-refractivity contribution in [3.63, 3.8) is 0 Å². The predicted octanol–water partition coefficient (Wildman–Crippen LogP) is 2.40. The Morgan fingerprint density at radius 1 is 1.24 bits per heavy atom. The molecule has 5 heteroatoms. The highest BCUT2D eigenvalue weighted by atomic mass is 79.9. The standard InChI is InChI=1S/C12H8BrN3O/c13-10-3-1-9(2-4-10)12-7-15-8-14-5-11(15)6-16(12)17/h1-8H. The molecule has 0 unspecified atom stereocenters. The number of benzene rings is 1. The zero-order valence-corrected chi connectivity index (χ0v) is 10.3. The third-order valence-electron chi connectivity index (χ3n) is 2.58. The predicted molar refractivity (Wildman–Crippen MR) is 67.3 cm³/mol. The highest BCUT2D eigenvalue weighted by Crippen LogP contribution is 2.19. The molecule has 0 saturated heterocycles. The first-order chi connectivity index (χ1) is 8.24. The molecule has 0 radical (unpaired) electrons. The fourth-order valence-corrected chi connectivity index (χ4v) is 1.99. The topological polar surface area (TPSA) is 44.2 Å². The highest BCUT2D eigenvalue weighted by Gasteiger charge is 2.10. The zero-order valence-electron chi connectivity index (χ0n) is 8.75. The van der Waals surface area contributed by atoms with E-state index in [1.165, 1.54) is 6.20 Å². The largest absolute Gasteiger partial charge is 0.618 e. The summed E-state index contributed by atoms with van der Waals surface area (Å²) in [5, 5.41) is 11.9. The van der Waals surface area contributed by atoms with Gasteiger partial charge in [-0.1, -0.05) is 15.9 Å². The van der Waals surface area contributed by atoms with E-state index in [0.717, 1.165) is 20.3 Å². The Bertz CT molecular complexity index is 676. The van der Waals surface area contributed by atoms with Crippen LogP contribution in [-0.4, -0.2) is 9.38 Å². The van der Waals surface area contributed by atoms with Crippen LogP contribution in [0.4, 0.5) is 0 Å². The lowest BCUT2D eigenvalue weighted by molar-refractivity contribution is -0.592. The van der Waals surface area contributed by atoms with E-state index in [1.54, 1.807) is 18.7 Å². The Morgan fingerprint density at radius 2 is 2.00 bits per heavy atom. The molecule has 0 aliphatic rings. The molecule has 0 fully saturated rings. The van der Waals surface area contributed by atoms with E-state index in [2.05, 4.69) is 20.9 Å². The van der Waals surface area contributed by atoms with E-state index in [-0.39, 0.29) is 0 Å². The second-order valence-electron chi connectivity index (χ2n) is 3.70. The monoisotopic (exact) mass is 289 g/mol. The van der Waals surface area contributed by atoms with E-state index in [1.807, 2.05) is 28.7 Å². The summed E-state index contributed by atoms with van der Waals surface area (Å²) in [6.45, 7) is 0. The number of rotatable bonds is 1. The maximum Gasteiger partial charge on any atom is 0.240 e. The lowest BCUT2D eigenvalue weighted by Gasteiger charge is -2.05. The number of fused-ring (bicyclic) bond motifs is 1. The van der Waals surface area contributed by atoms with E-state index >= 15 is 0 Å². The van der Waals surface area contributed by atoms with Gasteiger partial charge in [-0.2, -0.15) is 4.73 Å². The van der Waals surface area contributed by atoms with Crippen molar-refractivity contribution < 1.29 is 4.73 Å². The van der Waals surface area contributed by atoms with Gasteiger partial charge in [-0.15, -0.1) is 0 Å². The third kappa shape index (κ3) is 1.78. The SMILES string of the molecule is [O-][n+]1cc2cncn2cc1-c1ccc(Br)cc1. The number of hydrogen-bond acceptors (Lipinski definition) is 2. The van der Waals surface area contributed by atoms with Crippen LogP contribution in [0.5, 0.6) is 0 Å². The summed E-state index contributed by atoms with van der Waals surface area (Å²) in [6, 6.07) is 7.62. The minimum absolute atomic E-state index is 0.600. The average Bonchev–Trinajstić information content (AvgIpc) is 2.76. The van der Waals surface area contributed by atoms with Crippen LogP contribution >= 0.6 is 15.9 Å². The molecule has 17 heavy (non-hydrogen) atoms. The van der Waals surface area contributed by atoms with Crippen molar-refractivity contribution in [2.45, 2.75) is 0 Å². The Hall–Kier alpha value is -1.88. The highest BCUT2D eigenvalue weighted by molar-refractivity contribution is 9.10. The number of imidazole rings is 1. The molecule has 0 aliphatic carbocycles. The molecule has 0 aliphatic heterocycles. The van der Waals surface area contributed by atoms with E-state index in [9.17, 15) is 5.21 Å². The van der Waals surface area contributed by atoms with Gasteiger partial charge in [0.25, 0.3) is 0 Å². The van der Waals surface area contributed by atoms with Crippen molar-refractivity contribution in [3.05, 3.63) is 58.9 Å². The zero-order chi connectivity index (χ0) is 11.8. The summed E-state index contributed by atoms with van der Waals surface area (Å²) in [5.74, 6) is 0. The van der Waals surface area contributed by atoms with Crippen LogP contribution in [0.2, 0.25) is 0 Å². The first-order valence-corrected chi connectivity index (χ1v) is 5.84. The summed E-state index contributed by atoms with van der Waals surface area (Å²) in [6.07, 6.45) is 6.63. The Morgan fingerprint density at radius 3 is 2.76 bits per heavy atom. The van der Waals surface area contributed by atoms with Gasteiger partial charge in [0.05, 0.1) is 18.7 Å². The van der Waals surface area contributed by atoms with Crippen LogP contribution in [0, 0.1) is 5.21 Å². The van der Waals surface area contributed by atoms with Gasteiger partial charge < -0.3 is 5.21 Å². The molecule has 0 saturated carbocycles. The molecule has 0 spiro atoms. The molecule has 0 atom stereocenters. The van der Waals surface area contributed by atoms with E-state index < -0.39 is 0 Å². The van der Waals surface area contributed by atoms with Gasteiger partial charge in [-0.05, 0) is 24.3 Å². The maximum absolute atomic E-state index is 11.9. The van der Waals surface area contributed by atoms with Crippen LogP contribution in [-0.2, 0) is 0 Å². The van der Waals surface area contributed by atoms with Crippen LogP contribution < -0.4 is 4.73 Å². The molecule has 1 aromatic carbocycles. The minimum Gasteiger partial charge on any atom is -0.618 e. The molecular formula is C12H8BrN3O.